The number of hydrogen-bond acceptors (Lipinski definition) is 4. The van der Waals surface area contributed by atoms with E-state index >= 15 is 0 Å². The first-order valence-corrected chi connectivity index (χ1v) is 9.92. The number of hydrogen-bond donors (Lipinski definition) is 1. The minimum atomic E-state index is -0.640. The lowest BCUT2D eigenvalue weighted by Crippen LogP contribution is -2.37. The van der Waals surface area contributed by atoms with Crippen LogP contribution in [0.4, 0.5) is 0 Å². The van der Waals surface area contributed by atoms with Crippen LogP contribution in [0.1, 0.15) is 37.0 Å². The van der Waals surface area contributed by atoms with Crippen LogP contribution in [0, 0.1) is 0 Å². The number of unbranched alkanes of at least 4 members (excludes halogenated alkanes) is 1. The maximum atomic E-state index is 12.2. The van der Waals surface area contributed by atoms with E-state index in [1.807, 2.05) is 49.4 Å². The zero-order valence-corrected chi connectivity index (χ0v) is 17.0. The van der Waals surface area contributed by atoms with Crippen molar-refractivity contribution in [1.82, 2.24) is 10.2 Å². The van der Waals surface area contributed by atoms with E-state index in [9.17, 15) is 14.4 Å². The Morgan fingerprint density at radius 2 is 1.59 bits per heavy atom. The van der Waals surface area contributed by atoms with Crippen molar-refractivity contribution in [2.45, 2.75) is 26.7 Å². The number of esters is 1. The monoisotopic (exact) mass is 396 g/mol. The van der Waals surface area contributed by atoms with E-state index in [0.29, 0.717) is 18.7 Å². The summed E-state index contributed by atoms with van der Waals surface area (Å²) in [6, 6.07) is 17.0. The van der Waals surface area contributed by atoms with Gasteiger partial charge < -0.3 is 15.0 Å². The molecule has 0 bridgehead atoms. The van der Waals surface area contributed by atoms with Crippen LogP contribution in [-0.4, -0.2) is 48.9 Å². The third kappa shape index (κ3) is 7.07. The van der Waals surface area contributed by atoms with E-state index < -0.39 is 5.97 Å². The minimum absolute atomic E-state index is 0.225. The highest BCUT2D eigenvalue weighted by atomic mass is 16.5. The van der Waals surface area contributed by atoms with Crippen molar-refractivity contribution in [3.05, 3.63) is 60.2 Å². The van der Waals surface area contributed by atoms with Gasteiger partial charge in [-0.15, -0.1) is 0 Å². The van der Waals surface area contributed by atoms with E-state index in [-0.39, 0.29) is 25.0 Å². The Hall–Kier alpha value is -3.15. The standard InChI is InChI=1S/C23H28N2O4/c1-3-5-15-25(4-2)21(26)17-29-22(27)16-24-23(28)20-13-11-19(12-14-20)18-9-7-6-8-10-18/h6-14H,3-5,15-17H2,1-2H3,(H,24,28). The topological polar surface area (TPSA) is 75.7 Å². The molecule has 6 nitrogen and oxygen atoms in total. The molecule has 0 saturated carbocycles. The van der Waals surface area contributed by atoms with Gasteiger partial charge in [0.2, 0.25) is 0 Å². The van der Waals surface area contributed by atoms with Gasteiger partial charge in [-0.1, -0.05) is 55.8 Å². The molecule has 2 aromatic rings. The van der Waals surface area contributed by atoms with Gasteiger partial charge in [0.25, 0.3) is 11.8 Å². The third-order valence-corrected chi connectivity index (χ3v) is 4.52. The first-order valence-electron chi connectivity index (χ1n) is 9.92. The molecule has 0 heterocycles. The fourth-order valence-corrected chi connectivity index (χ4v) is 2.79. The molecule has 0 unspecified atom stereocenters. The molecule has 0 atom stereocenters. The molecule has 2 amide bonds. The predicted molar refractivity (Wildman–Crippen MR) is 112 cm³/mol. The lowest BCUT2D eigenvalue weighted by atomic mass is 10.0. The summed E-state index contributed by atoms with van der Waals surface area (Å²) in [7, 11) is 0. The number of nitrogens with zero attached hydrogens (tertiary/aromatic N) is 1. The molecule has 0 fully saturated rings. The summed E-state index contributed by atoms with van der Waals surface area (Å²) < 4.78 is 4.98. The number of amides is 2. The smallest absolute Gasteiger partial charge is 0.325 e. The van der Waals surface area contributed by atoms with Crippen molar-refractivity contribution in [3.63, 3.8) is 0 Å². The first-order chi connectivity index (χ1) is 14.0. The maximum absolute atomic E-state index is 12.2. The van der Waals surface area contributed by atoms with Crippen LogP contribution in [-0.2, 0) is 14.3 Å². The highest BCUT2D eigenvalue weighted by Gasteiger charge is 2.14. The molecule has 0 aliphatic rings. The Bertz CT molecular complexity index is 803. The first kappa shape index (κ1) is 22.1. The fourth-order valence-electron chi connectivity index (χ4n) is 2.79. The van der Waals surface area contributed by atoms with Crippen LogP contribution < -0.4 is 5.32 Å². The number of carbonyl (C=O) groups excluding carboxylic acids is 3. The van der Waals surface area contributed by atoms with Crippen molar-refractivity contribution in [3.8, 4) is 11.1 Å². The molecule has 6 heteroatoms. The van der Waals surface area contributed by atoms with Gasteiger partial charge in [-0.2, -0.15) is 0 Å². The normalized spacial score (nSPS) is 10.3. The molecular formula is C23H28N2O4. The van der Waals surface area contributed by atoms with Gasteiger partial charge in [0.05, 0.1) is 0 Å². The van der Waals surface area contributed by atoms with Gasteiger partial charge in [0, 0.05) is 18.7 Å². The summed E-state index contributed by atoms with van der Waals surface area (Å²) in [6.07, 6.45) is 1.90. The number of carbonyl (C=O) groups is 3. The van der Waals surface area contributed by atoms with E-state index in [2.05, 4.69) is 12.2 Å². The lowest BCUT2D eigenvalue weighted by molar-refractivity contribution is -0.151. The van der Waals surface area contributed by atoms with Gasteiger partial charge in [0.1, 0.15) is 6.54 Å². The summed E-state index contributed by atoms with van der Waals surface area (Å²) in [5.74, 6) is -1.23. The summed E-state index contributed by atoms with van der Waals surface area (Å²) in [6.45, 7) is 4.58. The molecule has 29 heavy (non-hydrogen) atoms. The highest BCUT2D eigenvalue weighted by molar-refractivity contribution is 5.96. The average molecular weight is 396 g/mol. The molecule has 2 rings (SSSR count). The summed E-state index contributed by atoms with van der Waals surface area (Å²) >= 11 is 0. The zero-order valence-electron chi connectivity index (χ0n) is 17.0. The van der Waals surface area contributed by atoms with Crippen LogP contribution >= 0.6 is 0 Å². The van der Waals surface area contributed by atoms with Gasteiger partial charge in [0.15, 0.2) is 6.61 Å². The molecule has 0 aromatic heterocycles. The van der Waals surface area contributed by atoms with Crippen molar-refractivity contribution >= 4 is 17.8 Å². The van der Waals surface area contributed by atoms with Crippen LogP contribution in [0.5, 0.6) is 0 Å². The van der Waals surface area contributed by atoms with Crippen LogP contribution in [0.15, 0.2) is 54.6 Å². The highest BCUT2D eigenvalue weighted by Crippen LogP contribution is 2.19. The fraction of sp³-hybridized carbons (Fsp3) is 0.348. The second kappa shape index (κ2) is 11.6. The molecule has 154 valence electrons. The molecule has 0 spiro atoms. The van der Waals surface area contributed by atoms with E-state index in [1.54, 1.807) is 17.0 Å². The van der Waals surface area contributed by atoms with Crippen molar-refractivity contribution < 1.29 is 19.1 Å². The Labute approximate surface area is 171 Å². The van der Waals surface area contributed by atoms with Crippen molar-refractivity contribution in [2.75, 3.05) is 26.2 Å². The second-order valence-electron chi connectivity index (χ2n) is 6.61. The largest absolute Gasteiger partial charge is 0.454 e. The Kier molecular flexibility index (Phi) is 8.89. The molecule has 0 radical (unpaired) electrons. The number of nitrogens with one attached hydrogen (secondary N) is 1. The molecule has 0 aliphatic heterocycles. The van der Waals surface area contributed by atoms with Crippen LogP contribution in [0.25, 0.3) is 11.1 Å². The summed E-state index contributed by atoms with van der Waals surface area (Å²) in [4.78, 5) is 37.8. The third-order valence-electron chi connectivity index (χ3n) is 4.52. The van der Waals surface area contributed by atoms with Crippen molar-refractivity contribution in [1.29, 1.82) is 0 Å². The molecular weight excluding hydrogens is 368 g/mol. The quantitative estimate of drug-likeness (QED) is 0.626. The summed E-state index contributed by atoms with van der Waals surface area (Å²) in [5, 5.41) is 2.52. The van der Waals surface area contributed by atoms with Gasteiger partial charge in [-0.05, 0) is 36.6 Å². The molecule has 2 aromatic carbocycles. The Morgan fingerprint density at radius 3 is 2.21 bits per heavy atom. The minimum Gasteiger partial charge on any atom is -0.454 e. The maximum Gasteiger partial charge on any atom is 0.325 e. The van der Waals surface area contributed by atoms with Gasteiger partial charge in [-0.25, -0.2) is 0 Å². The number of likely N-dealkylation sites (N-methyl/N-ethyl adjacent to an activating group) is 1. The zero-order chi connectivity index (χ0) is 21.1. The molecule has 0 saturated heterocycles. The van der Waals surface area contributed by atoms with Gasteiger partial charge >= 0.3 is 5.97 Å². The number of benzene rings is 2. The Balaban J connectivity index is 1.78. The molecule has 1 N–H and O–H groups in total. The van der Waals surface area contributed by atoms with E-state index in [0.717, 1.165) is 24.0 Å². The lowest BCUT2D eigenvalue weighted by Gasteiger charge is -2.20. The second-order valence-corrected chi connectivity index (χ2v) is 6.61. The predicted octanol–water partition coefficient (Wildman–Crippen LogP) is 3.28. The number of rotatable bonds is 10. The Morgan fingerprint density at radius 1 is 0.931 bits per heavy atom. The van der Waals surface area contributed by atoms with Crippen LogP contribution in [0.3, 0.4) is 0 Å². The molecule has 0 aliphatic carbocycles. The summed E-state index contributed by atoms with van der Waals surface area (Å²) in [5.41, 5.74) is 2.52. The van der Waals surface area contributed by atoms with Crippen molar-refractivity contribution in [2.24, 2.45) is 0 Å². The van der Waals surface area contributed by atoms with E-state index in [4.69, 9.17) is 4.74 Å². The average Bonchev–Trinajstić information content (AvgIpc) is 2.77. The van der Waals surface area contributed by atoms with E-state index in [1.165, 1.54) is 0 Å². The van der Waals surface area contributed by atoms with Crippen LogP contribution in [0.2, 0.25) is 0 Å². The number of ether oxygens (including phenoxy) is 1. The SMILES string of the molecule is CCCCN(CC)C(=O)COC(=O)CNC(=O)c1ccc(-c2ccccc2)cc1. The van der Waals surface area contributed by atoms with Gasteiger partial charge in [-0.3, -0.25) is 14.4 Å².